The Morgan fingerprint density at radius 3 is 2.75 bits per heavy atom. The minimum Gasteiger partial charge on any atom is -0.495 e. The van der Waals surface area contributed by atoms with Crippen LogP contribution in [0.15, 0.2) is 33.7 Å². The highest BCUT2D eigenvalue weighted by Crippen LogP contribution is 2.29. The molecule has 2 heterocycles. The molecule has 0 aliphatic carbocycles. The summed E-state index contributed by atoms with van der Waals surface area (Å²) in [7, 11) is -2.39. The first-order valence-corrected chi connectivity index (χ1v) is 10.3. The molecule has 10 heteroatoms. The Kier molecular flexibility index (Phi) is 7.08. The molecule has 3 rings (SSSR count). The molecule has 1 aliphatic heterocycles. The van der Waals surface area contributed by atoms with Crippen molar-refractivity contribution in [2.75, 3.05) is 26.7 Å². The van der Waals surface area contributed by atoms with Gasteiger partial charge in [-0.2, -0.15) is 0 Å². The molecule has 0 saturated carbocycles. The van der Waals surface area contributed by atoms with Crippen molar-refractivity contribution in [2.45, 2.75) is 30.5 Å². The van der Waals surface area contributed by atoms with Crippen molar-refractivity contribution in [3.8, 4) is 5.75 Å². The van der Waals surface area contributed by atoms with Gasteiger partial charge in [-0.25, -0.2) is 8.42 Å². The molecule has 8 nitrogen and oxygen atoms in total. The van der Waals surface area contributed by atoms with E-state index in [0.29, 0.717) is 30.9 Å². The van der Waals surface area contributed by atoms with Gasteiger partial charge in [0.05, 0.1) is 12.8 Å². The summed E-state index contributed by atoms with van der Waals surface area (Å²) < 4.78 is 36.1. The normalized spacial score (nSPS) is 17.1. The number of sulfone groups is 1. The van der Waals surface area contributed by atoms with Gasteiger partial charge in [-0.3, -0.25) is 4.79 Å². The number of aryl methyl sites for hydroxylation is 1. The number of amides is 1. The Morgan fingerprint density at radius 2 is 2.14 bits per heavy atom. The average molecular weight is 430 g/mol. The Labute approximate surface area is 170 Å². The number of hydrogen-bond donors (Lipinski definition) is 1. The molecule has 28 heavy (non-hydrogen) atoms. The van der Waals surface area contributed by atoms with Gasteiger partial charge in [-0.15, -0.1) is 12.4 Å². The third-order valence-electron chi connectivity index (χ3n) is 4.52. The molecule has 154 valence electrons. The summed E-state index contributed by atoms with van der Waals surface area (Å²) >= 11 is 0. The van der Waals surface area contributed by atoms with Crippen molar-refractivity contribution in [1.29, 1.82) is 0 Å². The van der Waals surface area contributed by atoms with E-state index in [1.165, 1.54) is 19.2 Å². The minimum absolute atomic E-state index is 0. The van der Waals surface area contributed by atoms with Crippen molar-refractivity contribution in [2.24, 2.45) is 0 Å². The van der Waals surface area contributed by atoms with Crippen LogP contribution in [-0.4, -0.2) is 57.2 Å². The first kappa shape index (κ1) is 22.2. The predicted octanol–water partition coefficient (Wildman–Crippen LogP) is 1.82. The molecule has 1 aromatic heterocycles. The van der Waals surface area contributed by atoms with Crippen molar-refractivity contribution in [1.82, 2.24) is 15.4 Å². The number of rotatable bonds is 5. The van der Waals surface area contributed by atoms with Gasteiger partial charge in [0.1, 0.15) is 16.4 Å². The van der Waals surface area contributed by atoms with Crippen molar-refractivity contribution in [3.05, 3.63) is 41.3 Å². The lowest BCUT2D eigenvalue weighted by atomic mass is 10.1. The van der Waals surface area contributed by atoms with Crippen LogP contribution in [0.2, 0.25) is 0 Å². The number of halogens is 1. The van der Waals surface area contributed by atoms with Crippen molar-refractivity contribution >= 4 is 28.2 Å². The second kappa shape index (κ2) is 8.93. The van der Waals surface area contributed by atoms with Gasteiger partial charge in [0.25, 0.3) is 5.91 Å². The number of hydrogen-bond acceptors (Lipinski definition) is 7. The maximum Gasteiger partial charge on any atom is 0.254 e. The number of aromatic nitrogens is 1. The lowest BCUT2D eigenvalue weighted by Crippen LogP contribution is -2.52. The number of piperazine rings is 1. The first-order chi connectivity index (χ1) is 12.8. The highest BCUT2D eigenvalue weighted by molar-refractivity contribution is 7.90. The molecule has 0 unspecified atom stereocenters. The van der Waals surface area contributed by atoms with Crippen LogP contribution in [0.25, 0.3) is 0 Å². The Hall–Kier alpha value is -2.10. The quantitative estimate of drug-likeness (QED) is 0.773. The number of carbonyl (C=O) groups is 1. The predicted molar refractivity (Wildman–Crippen MR) is 106 cm³/mol. The molecular formula is C18H24ClN3O5S. The Balaban J connectivity index is 0.00000280. The monoisotopic (exact) mass is 429 g/mol. The topological polar surface area (TPSA) is 102 Å². The lowest BCUT2D eigenvalue weighted by Gasteiger charge is -2.34. The SMILES string of the molecule is COc1ccc(C(=O)N2CCNC[C@@H]2C)cc1S(=O)(=O)Cc1cc(C)no1.Cl. The smallest absolute Gasteiger partial charge is 0.254 e. The van der Waals surface area contributed by atoms with E-state index in [1.54, 1.807) is 24.0 Å². The Bertz CT molecular complexity index is 944. The third kappa shape index (κ3) is 4.65. The zero-order valence-corrected chi connectivity index (χ0v) is 17.6. The highest BCUT2D eigenvalue weighted by Gasteiger charge is 2.28. The van der Waals surface area contributed by atoms with Crippen molar-refractivity contribution < 1.29 is 22.5 Å². The van der Waals surface area contributed by atoms with Crippen LogP contribution >= 0.6 is 12.4 Å². The highest BCUT2D eigenvalue weighted by atomic mass is 35.5. The fraction of sp³-hybridized carbons (Fsp3) is 0.444. The molecule has 2 aromatic rings. The summed E-state index contributed by atoms with van der Waals surface area (Å²) in [6.07, 6.45) is 0. The molecule has 0 radical (unpaired) electrons. The maximum atomic E-state index is 12.9. The van der Waals surface area contributed by atoms with Crippen LogP contribution in [-0.2, 0) is 15.6 Å². The van der Waals surface area contributed by atoms with Gasteiger partial charge in [-0.1, -0.05) is 5.16 Å². The summed E-state index contributed by atoms with van der Waals surface area (Å²) in [4.78, 5) is 14.6. The minimum atomic E-state index is -3.78. The molecule has 1 amide bonds. The van der Waals surface area contributed by atoms with E-state index in [-0.39, 0.29) is 46.5 Å². The molecule has 1 aliphatic rings. The summed E-state index contributed by atoms with van der Waals surface area (Å²) in [5.41, 5.74) is 0.917. The summed E-state index contributed by atoms with van der Waals surface area (Å²) in [6, 6.07) is 6.09. The van der Waals surface area contributed by atoms with E-state index in [2.05, 4.69) is 10.5 Å². The van der Waals surface area contributed by atoms with Gasteiger partial charge in [0.15, 0.2) is 15.6 Å². The lowest BCUT2D eigenvalue weighted by molar-refractivity contribution is 0.0655. The average Bonchev–Trinajstić information content (AvgIpc) is 3.05. The number of ether oxygens (including phenoxy) is 1. The molecule has 0 bridgehead atoms. The molecule has 1 fully saturated rings. The number of nitrogens with one attached hydrogen (secondary N) is 1. The van der Waals surface area contributed by atoms with Crippen LogP contribution in [0.4, 0.5) is 0 Å². The van der Waals surface area contributed by atoms with Crippen LogP contribution < -0.4 is 10.1 Å². The number of benzene rings is 1. The van der Waals surface area contributed by atoms with E-state index >= 15 is 0 Å². The summed E-state index contributed by atoms with van der Waals surface area (Å²) in [5.74, 6) is -0.122. The van der Waals surface area contributed by atoms with Crippen molar-refractivity contribution in [3.63, 3.8) is 0 Å². The van der Waals surface area contributed by atoms with Crippen LogP contribution in [0.3, 0.4) is 0 Å². The third-order valence-corrected chi connectivity index (χ3v) is 6.17. The molecular weight excluding hydrogens is 406 g/mol. The van der Waals surface area contributed by atoms with Gasteiger partial charge in [0, 0.05) is 37.3 Å². The number of methoxy groups -OCH3 is 1. The number of carbonyl (C=O) groups excluding carboxylic acids is 1. The molecule has 1 N–H and O–H groups in total. The zero-order chi connectivity index (χ0) is 19.6. The fourth-order valence-corrected chi connectivity index (χ4v) is 4.54. The van der Waals surface area contributed by atoms with Crippen LogP contribution in [0.5, 0.6) is 5.75 Å². The molecule has 1 saturated heterocycles. The van der Waals surface area contributed by atoms with Gasteiger partial charge in [-0.05, 0) is 32.0 Å². The summed E-state index contributed by atoms with van der Waals surface area (Å²) in [6.45, 7) is 5.66. The van der Waals surface area contributed by atoms with Gasteiger partial charge in [0.2, 0.25) is 0 Å². The molecule has 1 atom stereocenters. The van der Waals surface area contributed by atoms with E-state index in [1.807, 2.05) is 6.92 Å². The Morgan fingerprint density at radius 1 is 1.39 bits per heavy atom. The fourth-order valence-electron chi connectivity index (χ4n) is 3.11. The van der Waals surface area contributed by atoms with E-state index in [0.717, 1.165) is 0 Å². The maximum absolute atomic E-state index is 12.9. The number of nitrogens with zero attached hydrogens (tertiary/aromatic N) is 2. The van der Waals surface area contributed by atoms with Crippen LogP contribution in [0.1, 0.15) is 28.7 Å². The first-order valence-electron chi connectivity index (χ1n) is 8.66. The summed E-state index contributed by atoms with van der Waals surface area (Å²) in [5, 5.41) is 6.94. The van der Waals surface area contributed by atoms with Gasteiger partial charge < -0.3 is 19.5 Å². The van der Waals surface area contributed by atoms with E-state index in [9.17, 15) is 13.2 Å². The standard InChI is InChI=1S/C18H23N3O5S.ClH/c1-12-8-15(26-20-12)11-27(23,24)17-9-14(4-5-16(17)25-3)18(22)21-7-6-19-10-13(21)2;/h4-5,8-9,13,19H,6-7,10-11H2,1-3H3;1H/t13-;/m0./s1. The molecule has 0 spiro atoms. The second-order valence-electron chi connectivity index (χ2n) is 6.61. The van der Waals surface area contributed by atoms with E-state index in [4.69, 9.17) is 9.26 Å². The largest absolute Gasteiger partial charge is 0.495 e. The van der Waals surface area contributed by atoms with Crippen LogP contribution in [0, 0.1) is 6.92 Å². The second-order valence-corrected chi connectivity index (χ2v) is 8.57. The molecule has 1 aromatic carbocycles. The van der Waals surface area contributed by atoms with Gasteiger partial charge >= 0.3 is 0 Å². The zero-order valence-electron chi connectivity index (χ0n) is 16.0. The van der Waals surface area contributed by atoms with E-state index < -0.39 is 9.84 Å².